The van der Waals surface area contributed by atoms with Crippen LogP contribution < -0.4 is 5.32 Å². The lowest BCUT2D eigenvalue weighted by molar-refractivity contribution is -0.385. The van der Waals surface area contributed by atoms with Crippen LogP contribution in [-0.4, -0.2) is 33.2 Å². The number of nitrogens with zero attached hydrogens (tertiary/aromatic N) is 3. The fraction of sp³-hybridized carbons (Fsp3) is 0.364. The minimum absolute atomic E-state index is 0.202. The van der Waals surface area contributed by atoms with Crippen LogP contribution in [0.25, 0.3) is 0 Å². The molecule has 0 bridgehead atoms. The minimum Gasteiger partial charge on any atom is -0.463 e. The van der Waals surface area contributed by atoms with E-state index in [0.29, 0.717) is 0 Å². The molecule has 1 rings (SSSR count). The molecule has 0 aliphatic carbocycles. The molecule has 9 nitrogen and oxygen atoms in total. The maximum Gasteiger partial charge on any atom is 0.332 e. The third-order valence-corrected chi connectivity index (χ3v) is 2.26. The Hall–Kier alpha value is -2.71. The molecule has 1 aromatic heterocycles. The van der Waals surface area contributed by atoms with Crippen molar-refractivity contribution in [1.82, 2.24) is 15.1 Å². The summed E-state index contributed by atoms with van der Waals surface area (Å²) in [6, 6.07) is 0. The van der Waals surface area contributed by atoms with Gasteiger partial charge >= 0.3 is 11.7 Å². The van der Waals surface area contributed by atoms with Gasteiger partial charge in [-0.1, -0.05) is 0 Å². The van der Waals surface area contributed by atoms with E-state index in [0.717, 1.165) is 17.0 Å². The number of hydrogen-bond acceptors (Lipinski definition) is 6. The first kappa shape index (κ1) is 15.3. The van der Waals surface area contributed by atoms with Gasteiger partial charge in [-0.05, 0) is 13.8 Å². The number of esters is 1. The van der Waals surface area contributed by atoms with Crippen molar-refractivity contribution in [3.8, 4) is 0 Å². The molecule has 0 fully saturated rings. The van der Waals surface area contributed by atoms with Crippen LogP contribution in [0.5, 0.6) is 0 Å². The minimum atomic E-state index is -0.727. The lowest BCUT2D eigenvalue weighted by Gasteiger charge is -2.05. The van der Waals surface area contributed by atoms with E-state index in [1.54, 1.807) is 6.92 Å². The van der Waals surface area contributed by atoms with E-state index >= 15 is 0 Å². The van der Waals surface area contributed by atoms with Gasteiger partial charge in [0.05, 0.1) is 11.5 Å². The first-order chi connectivity index (χ1) is 9.36. The van der Waals surface area contributed by atoms with E-state index in [4.69, 9.17) is 0 Å². The van der Waals surface area contributed by atoms with Gasteiger partial charge in [0.2, 0.25) is 5.69 Å². The zero-order valence-electron chi connectivity index (χ0n) is 11.2. The van der Waals surface area contributed by atoms with Crippen LogP contribution in [0, 0.1) is 10.1 Å². The zero-order valence-corrected chi connectivity index (χ0v) is 11.2. The number of aryl methyl sites for hydroxylation is 1. The molecule has 0 radical (unpaired) electrons. The van der Waals surface area contributed by atoms with Crippen LogP contribution >= 0.6 is 0 Å². The van der Waals surface area contributed by atoms with Crippen molar-refractivity contribution in [2.75, 3.05) is 6.61 Å². The molecular formula is C11H14N4O5. The maximum atomic E-state index is 11.9. The standard InChI is InChI=1S/C11H14N4O5/c1-4-20-9(16)5-7(2)13-11(17)10-8(15(18)19)6-12-14(10)3/h5-6H,4H2,1-3H3,(H,13,17)/b7-5+. The molecule has 0 unspecified atom stereocenters. The van der Waals surface area contributed by atoms with Crippen molar-refractivity contribution in [1.29, 1.82) is 0 Å². The lowest BCUT2D eigenvalue weighted by Crippen LogP contribution is -2.25. The van der Waals surface area contributed by atoms with Crippen LogP contribution in [0.2, 0.25) is 0 Å². The van der Waals surface area contributed by atoms with Crippen molar-refractivity contribution >= 4 is 17.6 Å². The quantitative estimate of drug-likeness (QED) is 0.364. The van der Waals surface area contributed by atoms with E-state index in [9.17, 15) is 19.7 Å². The van der Waals surface area contributed by atoms with Gasteiger partial charge in [-0.15, -0.1) is 0 Å². The Morgan fingerprint density at radius 1 is 1.60 bits per heavy atom. The molecule has 0 saturated heterocycles. The smallest absolute Gasteiger partial charge is 0.332 e. The van der Waals surface area contributed by atoms with Gasteiger partial charge in [-0.3, -0.25) is 19.6 Å². The first-order valence-electron chi connectivity index (χ1n) is 5.69. The van der Waals surface area contributed by atoms with E-state index in [-0.39, 0.29) is 18.0 Å². The Kier molecular flexibility index (Phi) is 4.95. The summed E-state index contributed by atoms with van der Waals surface area (Å²) in [5.41, 5.74) is -0.399. The topological polar surface area (TPSA) is 116 Å². The van der Waals surface area contributed by atoms with E-state index in [2.05, 4.69) is 15.2 Å². The number of allylic oxidation sites excluding steroid dienone is 1. The molecule has 1 heterocycles. The summed E-state index contributed by atoms with van der Waals surface area (Å²) in [6.45, 7) is 3.33. The highest BCUT2D eigenvalue weighted by molar-refractivity contribution is 5.97. The maximum absolute atomic E-state index is 11.9. The van der Waals surface area contributed by atoms with Gasteiger partial charge in [0.25, 0.3) is 5.91 Å². The molecule has 0 aliphatic heterocycles. The molecule has 0 atom stereocenters. The summed E-state index contributed by atoms with van der Waals surface area (Å²) in [5.74, 6) is -1.33. The number of nitrogens with one attached hydrogen (secondary N) is 1. The number of amides is 1. The highest BCUT2D eigenvalue weighted by Crippen LogP contribution is 2.16. The van der Waals surface area contributed by atoms with Crippen LogP contribution in [0.1, 0.15) is 24.3 Å². The highest BCUT2D eigenvalue weighted by Gasteiger charge is 2.25. The third kappa shape index (κ3) is 3.64. The summed E-state index contributed by atoms with van der Waals surface area (Å²) in [4.78, 5) is 33.2. The Balaban J connectivity index is 2.89. The van der Waals surface area contributed by atoms with Gasteiger partial charge in [-0.2, -0.15) is 5.10 Å². The number of aromatic nitrogens is 2. The Morgan fingerprint density at radius 2 is 2.25 bits per heavy atom. The Morgan fingerprint density at radius 3 is 2.80 bits per heavy atom. The van der Waals surface area contributed by atoms with Crippen molar-refractivity contribution in [3.05, 3.63) is 33.8 Å². The van der Waals surface area contributed by atoms with Crippen LogP contribution in [0.3, 0.4) is 0 Å². The zero-order chi connectivity index (χ0) is 15.3. The van der Waals surface area contributed by atoms with Crippen LogP contribution in [0.15, 0.2) is 18.0 Å². The fourth-order valence-electron chi connectivity index (χ4n) is 1.46. The fourth-order valence-corrected chi connectivity index (χ4v) is 1.46. The Bertz CT molecular complexity index is 575. The largest absolute Gasteiger partial charge is 0.463 e. The predicted molar refractivity (Wildman–Crippen MR) is 67.7 cm³/mol. The van der Waals surface area contributed by atoms with Gasteiger partial charge < -0.3 is 10.1 Å². The monoisotopic (exact) mass is 282 g/mol. The number of carbonyl (C=O) groups excluding carboxylic acids is 2. The molecule has 1 amide bonds. The number of ether oxygens (including phenoxy) is 1. The molecular weight excluding hydrogens is 268 g/mol. The molecule has 0 aromatic carbocycles. The normalized spacial score (nSPS) is 11.1. The van der Waals surface area contributed by atoms with E-state index in [1.165, 1.54) is 14.0 Å². The number of rotatable bonds is 5. The van der Waals surface area contributed by atoms with E-state index in [1.807, 2.05) is 0 Å². The second-order valence-corrected chi connectivity index (χ2v) is 3.79. The van der Waals surface area contributed by atoms with Gasteiger partial charge in [-0.25, -0.2) is 4.79 Å². The molecule has 9 heteroatoms. The summed E-state index contributed by atoms with van der Waals surface area (Å²) in [7, 11) is 1.41. The molecule has 1 N–H and O–H groups in total. The third-order valence-electron chi connectivity index (χ3n) is 2.26. The second kappa shape index (κ2) is 6.45. The van der Waals surface area contributed by atoms with E-state index < -0.39 is 22.5 Å². The molecule has 1 aromatic rings. The Labute approximate surface area is 114 Å². The summed E-state index contributed by atoms with van der Waals surface area (Å²) >= 11 is 0. The molecule has 108 valence electrons. The first-order valence-corrected chi connectivity index (χ1v) is 5.69. The van der Waals surface area contributed by atoms with Crippen molar-refractivity contribution in [3.63, 3.8) is 0 Å². The summed E-state index contributed by atoms with van der Waals surface area (Å²) in [6.07, 6.45) is 2.07. The molecule has 0 spiro atoms. The number of hydrogen-bond donors (Lipinski definition) is 1. The average molecular weight is 282 g/mol. The summed E-state index contributed by atoms with van der Waals surface area (Å²) in [5, 5.41) is 16.8. The van der Waals surface area contributed by atoms with Crippen molar-refractivity contribution in [2.45, 2.75) is 13.8 Å². The molecule has 20 heavy (non-hydrogen) atoms. The van der Waals surface area contributed by atoms with Crippen LogP contribution in [0.4, 0.5) is 5.69 Å². The average Bonchev–Trinajstić information content (AvgIpc) is 2.71. The molecule has 0 aliphatic rings. The van der Waals surface area contributed by atoms with Gasteiger partial charge in [0.15, 0.2) is 0 Å². The molecule has 0 saturated carbocycles. The van der Waals surface area contributed by atoms with Crippen molar-refractivity contribution in [2.24, 2.45) is 7.05 Å². The number of nitro groups is 1. The number of carbonyl (C=O) groups is 2. The van der Waals surface area contributed by atoms with Crippen molar-refractivity contribution < 1.29 is 19.2 Å². The second-order valence-electron chi connectivity index (χ2n) is 3.79. The highest BCUT2D eigenvalue weighted by atomic mass is 16.6. The SMILES string of the molecule is CCOC(=O)/C=C(\C)NC(=O)c1c([N+](=O)[O-])cnn1C. The van der Waals surface area contributed by atoms with Gasteiger partial charge in [0, 0.05) is 18.8 Å². The van der Waals surface area contributed by atoms with Crippen LogP contribution in [-0.2, 0) is 16.6 Å². The van der Waals surface area contributed by atoms with Gasteiger partial charge in [0.1, 0.15) is 6.20 Å². The predicted octanol–water partition coefficient (Wildman–Crippen LogP) is 0.525. The summed E-state index contributed by atoms with van der Waals surface area (Å²) < 4.78 is 5.77. The lowest BCUT2D eigenvalue weighted by atomic mass is 10.3.